The largest absolute Gasteiger partial charge is 0.493 e. The lowest BCUT2D eigenvalue weighted by Gasteiger charge is -2.16. The van der Waals surface area contributed by atoms with E-state index in [-0.39, 0.29) is 12.5 Å². The van der Waals surface area contributed by atoms with E-state index in [2.05, 4.69) is 24.6 Å². The summed E-state index contributed by atoms with van der Waals surface area (Å²) in [4.78, 5) is 17.9. The topological polar surface area (TPSA) is 67.0 Å². The second kappa shape index (κ2) is 10.0. The minimum atomic E-state index is -1.15. The van der Waals surface area contributed by atoms with E-state index in [9.17, 15) is 4.79 Å². The fraction of sp³-hybridized carbons (Fsp3) is 0.280. The van der Waals surface area contributed by atoms with Crippen molar-refractivity contribution in [1.29, 1.82) is 0 Å². The third kappa shape index (κ3) is 5.35. The van der Waals surface area contributed by atoms with Crippen molar-refractivity contribution in [1.82, 2.24) is 14.0 Å². The summed E-state index contributed by atoms with van der Waals surface area (Å²) in [5.41, 5.74) is 2.54. The summed E-state index contributed by atoms with van der Waals surface area (Å²) in [5, 5.41) is 0.635. The van der Waals surface area contributed by atoms with Crippen molar-refractivity contribution in [2.45, 2.75) is 25.7 Å². The molecule has 0 amide bonds. The average molecular weight is 498 g/mol. The quantitative estimate of drug-likeness (QED) is 0.173. The Morgan fingerprint density at radius 1 is 1.00 bits per heavy atom. The third-order valence-electron chi connectivity index (χ3n) is 5.42. The monoisotopic (exact) mass is 497 g/mol. The molecule has 0 N–H and O–H groups in total. The van der Waals surface area contributed by atoms with E-state index in [1.165, 1.54) is 10.9 Å². The second-order valence-corrected chi connectivity index (χ2v) is 15.2. The molecule has 0 spiro atoms. The average Bonchev–Trinajstić information content (AvgIpc) is 3.24. The number of rotatable bonds is 9. The maximum Gasteiger partial charge on any atom is 0.340 e. The molecule has 7 nitrogen and oxygen atoms in total. The fourth-order valence-corrected chi connectivity index (χ4v) is 4.38. The summed E-state index contributed by atoms with van der Waals surface area (Å²) in [6, 6.07) is 17.4. The molecule has 0 radical (unpaired) electrons. The van der Waals surface area contributed by atoms with Crippen LogP contribution < -0.4 is 15.2 Å². The molecule has 0 aliphatic rings. The summed E-state index contributed by atoms with van der Waals surface area (Å²) in [7, 11) is 0.413. The van der Waals surface area contributed by atoms with Gasteiger partial charge < -0.3 is 14.2 Å². The van der Waals surface area contributed by atoms with E-state index in [1.54, 1.807) is 41.8 Å². The van der Waals surface area contributed by atoms with Gasteiger partial charge in [0.2, 0.25) is 0 Å². The Hall–Kier alpha value is -3.07. The highest BCUT2D eigenvalue weighted by Crippen LogP contribution is 2.29. The Kier molecular flexibility index (Phi) is 7.11. The highest BCUT2D eigenvalue weighted by atomic mass is 35.5. The lowest BCUT2D eigenvalue weighted by molar-refractivity contribution is 0.0205. The van der Waals surface area contributed by atoms with Crippen LogP contribution in [0.5, 0.6) is 11.5 Å². The van der Waals surface area contributed by atoms with Crippen LogP contribution in [0.25, 0.3) is 22.6 Å². The van der Waals surface area contributed by atoms with Crippen molar-refractivity contribution < 1.29 is 14.2 Å². The van der Waals surface area contributed by atoms with Gasteiger partial charge in [0.15, 0.2) is 18.3 Å². The minimum Gasteiger partial charge on any atom is -0.493 e. The zero-order valence-electron chi connectivity index (χ0n) is 19.7. The predicted molar refractivity (Wildman–Crippen MR) is 137 cm³/mol. The van der Waals surface area contributed by atoms with E-state index in [0.717, 1.165) is 17.3 Å². The molecular weight excluding hydrogens is 470 g/mol. The molecule has 178 valence electrons. The molecule has 0 unspecified atom stereocenters. The lowest BCUT2D eigenvalue weighted by Crippen LogP contribution is -2.26. The van der Waals surface area contributed by atoms with E-state index in [0.29, 0.717) is 34.5 Å². The van der Waals surface area contributed by atoms with Gasteiger partial charge in [-0.25, -0.2) is 14.2 Å². The maximum atomic E-state index is 13.4. The zero-order valence-corrected chi connectivity index (χ0v) is 21.5. The molecule has 4 aromatic rings. The van der Waals surface area contributed by atoms with Gasteiger partial charge >= 0.3 is 5.69 Å². The first-order chi connectivity index (χ1) is 16.3. The number of hydrogen-bond acceptors (Lipinski definition) is 5. The van der Waals surface area contributed by atoms with Crippen molar-refractivity contribution >= 4 is 25.3 Å². The number of ether oxygens (including phenoxy) is 3. The van der Waals surface area contributed by atoms with E-state index >= 15 is 0 Å². The van der Waals surface area contributed by atoms with E-state index in [1.807, 2.05) is 24.3 Å². The first-order valence-corrected chi connectivity index (χ1v) is 15.1. The molecule has 0 saturated heterocycles. The van der Waals surface area contributed by atoms with Gasteiger partial charge in [-0.05, 0) is 48.0 Å². The Balaban J connectivity index is 1.60. The van der Waals surface area contributed by atoms with Gasteiger partial charge in [0.1, 0.15) is 12.0 Å². The fourth-order valence-electron chi connectivity index (χ4n) is 3.49. The van der Waals surface area contributed by atoms with Gasteiger partial charge in [-0.15, -0.1) is 0 Å². The van der Waals surface area contributed by atoms with Crippen LogP contribution >= 0.6 is 11.6 Å². The first-order valence-electron chi connectivity index (χ1n) is 11.0. The molecule has 0 fully saturated rings. The van der Waals surface area contributed by atoms with Gasteiger partial charge in [-0.1, -0.05) is 43.4 Å². The molecule has 2 aromatic carbocycles. The van der Waals surface area contributed by atoms with Crippen LogP contribution in [0, 0.1) is 0 Å². The van der Waals surface area contributed by atoms with Gasteiger partial charge in [0.05, 0.1) is 18.5 Å². The summed E-state index contributed by atoms with van der Waals surface area (Å²) >= 11 is 6.02. The Morgan fingerprint density at radius 2 is 1.76 bits per heavy atom. The van der Waals surface area contributed by atoms with Crippen molar-refractivity contribution in [3.05, 3.63) is 76.4 Å². The molecule has 34 heavy (non-hydrogen) atoms. The SMILES string of the molecule is COc1cc(-n2cnc3ccc(-c4ccc(Cl)cc4)n3c2=O)ccc1OCOCC[Si](C)(C)C. The highest BCUT2D eigenvalue weighted by molar-refractivity contribution is 6.76. The van der Waals surface area contributed by atoms with E-state index in [4.69, 9.17) is 25.8 Å². The third-order valence-corrected chi connectivity index (χ3v) is 7.38. The zero-order chi connectivity index (χ0) is 24.3. The van der Waals surface area contributed by atoms with E-state index < -0.39 is 8.07 Å². The van der Waals surface area contributed by atoms with Crippen LogP contribution in [0.2, 0.25) is 30.7 Å². The van der Waals surface area contributed by atoms with Crippen molar-refractivity contribution in [2.24, 2.45) is 0 Å². The van der Waals surface area contributed by atoms with Crippen LogP contribution in [-0.4, -0.2) is 42.5 Å². The number of nitrogens with zero attached hydrogens (tertiary/aromatic N) is 3. The Bertz CT molecular complexity index is 1340. The summed E-state index contributed by atoms with van der Waals surface area (Å²) in [6.07, 6.45) is 1.51. The van der Waals surface area contributed by atoms with Crippen molar-refractivity contribution in [3.8, 4) is 28.4 Å². The predicted octanol–water partition coefficient (Wildman–Crippen LogP) is 5.51. The number of methoxy groups -OCH3 is 1. The van der Waals surface area contributed by atoms with Crippen LogP contribution in [0.15, 0.2) is 65.7 Å². The number of aromatic nitrogens is 3. The number of benzene rings is 2. The number of hydrogen-bond donors (Lipinski definition) is 0. The smallest absolute Gasteiger partial charge is 0.340 e. The summed E-state index contributed by atoms with van der Waals surface area (Å²) < 4.78 is 19.9. The normalized spacial score (nSPS) is 11.7. The Morgan fingerprint density at radius 3 is 2.47 bits per heavy atom. The Labute approximate surface area is 204 Å². The van der Waals surface area contributed by atoms with Crippen LogP contribution in [0.3, 0.4) is 0 Å². The highest BCUT2D eigenvalue weighted by Gasteiger charge is 2.14. The molecule has 2 heterocycles. The van der Waals surface area contributed by atoms with Gasteiger partial charge in [0.25, 0.3) is 0 Å². The molecule has 0 aliphatic heterocycles. The molecule has 2 aromatic heterocycles. The second-order valence-electron chi connectivity index (χ2n) is 9.13. The summed E-state index contributed by atoms with van der Waals surface area (Å²) in [5.74, 6) is 1.05. The lowest BCUT2D eigenvalue weighted by atomic mass is 10.1. The first kappa shape index (κ1) is 24.1. The number of halogens is 1. The van der Waals surface area contributed by atoms with Crippen LogP contribution in [0.4, 0.5) is 0 Å². The van der Waals surface area contributed by atoms with Crippen LogP contribution in [-0.2, 0) is 4.74 Å². The van der Waals surface area contributed by atoms with Gasteiger partial charge in [-0.2, -0.15) is 0 Å². The molecule has 0 saturated carbocycles. The summed E-state index contributed by atoms with van der Waals surface area (Å²) in [6.45, 7) is 7.73. The van der Waals surface area contributed by atoms with Crippen molar-refractivity contribution in [3.63, 3.8) is 0 Å². The molecule has 0 aliphatic carbocycles. The van der Waals surface area contributed by atoms with Gasteiger partial charge in [0, 0.05) is 25.8 Å². The van der Waals surface area contributed by atoms with Crippen molar-refractivity contribution in [2.75, 3.05) is 20.5 Å². The molecule has 0 atom stereocenters. The standard InChI is InChI=1S/C25H28ClN3O4Si/c1-31-23-15-20(9-11-22(23)33-17-32-13-14-34(2,3)4)28-16-27-24-12-10-21(29(24)25(28)30)18-5-7-19(26)8-6-18/h5-12,15-16H,13-14,17H2,1-4H3. The maximum absolute atomic E-state index is 13.4. The van der Waals surface area contributed by atoms with Gasteiger partial charge in [-0.3, -0.25) is 4.57 Å². The number of fused-ring (bicyclic) bond motifs is 1. The molecular formula is C25H28ClN3O4Si. The molecule has 0 bridgehead atoms. The molecule has 9 heteroatoms. The minimum absolute atomic E-state index is 0.140. The van der Waals surface area contributed by atoms with Crippen LogP contribution in [0.1, 0.15) is 0 Å². The molecule has 4 rings (SSSR count).